The molecule has 0 amide bonds. The van der Waals surface area contributed by atoms with Crippen LogP contribution in [0.25, 0.3) is 0 Å². The Kier molecular flexibility index (Phi) is 3.78. The molecule has 0 fully saturated rings. The van der Waals surface area contributed by atoms with Gasteiger partial charge in [0.05, 0.1) is 0 Å². The second kappa shape index (κ2) is 4.13. The van der Waals surface area contributed by atoms with Gasteiger partial charge in [-0.15, -0.1) is 0 Å². The van der Waals surface area contributed by atoms with Gasteiger partial charge in [-0.05, 0) is 20.8 Å². The van der Waals surface area contributed by atoms with Crippen LogP contribution in [0.4, 0.5) is 0 Å². The van der Waals surface area contributed by atoms with E-state index in [0.29, 0.717) is 0 Å². The van der Waals surface area contributed by atoms with Crippen molar-refractivity contribution >= 4 is 0 Å². The van der Waals surface area contributed by atoms with Gasteiger partial charge in [0.2, 0.25) is 0 Å². The maximum atomic E-state index is 3.75. The summed E-state index contributed by atoms with van der Waals surface area (Å²) in [7, 11) is 0. The molecule has 0 saturated carbocycles. The second-order valence-electron chi connectivity index (χ2n) is 2.21. The fraction of sp³-hybridized carbons (Fsp3) is 0.333. The van der Waals surface area contributed by atoms with Gasteiger partial charge in [0.1, 0.15) is 0 Å². The monoisotopic (exact) mass is 122 g/mol. The van der Waals surface area contributed by atoms with E-state index < -0.39 is 0 Å². The highest BCUT2D eigenvalue weighted by Gasteiger charge is 1.75. The molecular weight excluding hydrogens is 108 g/mol. The maximum Gasteiger partial charge on any atom is -0.0401 e. The van der Waals surface area contributed by atoms with E-state index in [0.717, 1.165) is 5.57 Å². The molecule has 0 spiro atoms. The quantitative estimate of drug-likeness (QED) is 0.494. The summed E-state index contributed by atoms with van der Waals surface area (Å²) in [6, 6.07) is 0. The zero-order chi connectivity index (χ0) is 7.28. The summed E-state index contributed by atoms with van der Waals surface area (Å²) in [6.45, 7) is 9.83. The third kappa shape index (κ3) is 5.09. The zero-order valence-electron chi connectivity index (χ0n) is 6.44. The highest BCUT2D eigenvalue weighted by atomic mass is 13.8. The predicted octanol–water partition coefficient (Wildman–Crippen LogP) is 3.08. The van der Waals surface area contributed by atoms with E-state index in [-0.39, 0.29) is 0 Å². The van der Waals surface area contributed by atoms with Crippen molar-refractivity contribution in [3.8, 4) is 0 Å². The number of hydrogen-bond donors (Lipinski definition) is 0. The third-order valence-corrected chi connectivity index (χ3v) is 1.09. The van der Waals surface area contributed by atoms with Gasteiger partial charge in [0, 0.05) is 0 Å². The van der Waals surface area contributed by atoms with E-state index in [1.807, 2.05) is 19.9 Å². The van der Waals surface area contributed by atoms with Gasteiger partial charge in [-0.25, -0.2) is 0 Å². The van der Waals surface area contributed by atoms with Crippen molar-refractivity contribution in [3.63, 3.8) is 0 Å². The van der Waals surface area contributed by atoms with Crippen LogP contribution in [0, 0.1) is 0 Å². The molecule has 0 nitrogen and oxygen atoms in total. The Balaban J connectivity index is 3.86. The van der Waals surface area contributed by atoms with Crippen LogP contribution in [-0.4, -0.2) is 0 Å². The van der Waals surface area contributed by atoms with E-state index in [4.69, 9.17) is 0 Å². The van der Waals surface area contributed by atoms with Crippen LogP contribution in [0.5, 0.6) is 0 Å². The first kappa shape index (κ1) is 8.22. The van der Waals surface area contributed by atoms with Crippen LogP contribution < -0.4 is 0 Å². The minimum atomic E-state index is 1.09. The summed E-state index contributed by atoms with van der Waals surface area (Å²) in [6.07, 6.45) is 6.14. The molecular formula is C9H14. The SMILES string of the molecule is C=C(C)/C=C\C(C)=C/C. The minimum absolute atomic E-state index is 1.09. The highest BCUT2D eigenvalue weighted by Crippen LogP contribution is 1.97. The lowest BCUT2D eigenvalue weighted by atomic mass is 10.2. The first-order valence-electron chi connectivity index (χ1n) is 3.13. The van der Waals surface area contributed by atoms with Crippen molar-refractivity contribution in [2.24, 2.45) is 0 Å². The summed E-state index contributed by atoms with van der Waals surface area (Å²) < 4.78 is 0. The molecule has 0 saturated heterocycles. The molecule has 0 aliphatic heterocycles. The van der Waals surface area contributed by atoms with E-state index in [9.17, 15) is 0 Å². The van der Waals surface area contributed by atoms with Gasteiger partial charge in [-0.2, -0.15) is 0 Å². The molecule has 0 aromatic heterocycles. The maximum absolute atomic E-state index is 3.75. The normalized spacial score (nSPS) is 12.6. The van der Waals surface area contributed by atoms with Crippen LogP contribution in [0.1, 0.15) is 20.8 Å². The molecule has 0 N–H and O–H groups in total. The Bertz CT molecular complexity index is 147. The first-order chi connectivity index (χ1) is 4.16. The van der Waals surface area contributed by atoms with Crippen LogP contribution in [-0.2, 0) is 0 Å². The lowest BCUT2D eigenvalue weighted by molar-refractivity contribution is 1.45. The molecule has 0 unspecified atom stereocenters. The number of rotatable bonds is 2. The van der Waals surface area contributed by atoms with Crippen molar-refractivity contribution < 1.29 is 0 Å². The number of hydrogen-bond acceptors (Lipinski definition) is 0. The fourth-order valence-electron chi connectivity index (χ4n) is 0.370. The smallest absolute Gasteiger partial charge is 0.0401 e. The van der Waals surface area contributed by atoms with Gasteiger partial charge >= 0.3 is 0 Å². The summed E-state index contributed by atoms with van der Waals surface area (Å²) >= 11 is 0. The van der Waals surface area contributed by atoms with Crippen LogP contribution in [0.3, 0.4) is 0 Å². The van der Waals surface area contributed by atoms with Crippen molar-refractivity contribution in [2.45, 2.75) is 20.8 Å². The molecule has 0 heterocycles. The van der Waals surface area contributed by atoms with Gasteiger partial charge in [0.25, 0.3) is 0 Å². The largest absolute Gasteiger partial charge is 0.0961 e. The molecule has 0 aliphatic rings. The molecule has 50 valence electrons. The zero-order valence-corrected chi connectivity index (χ0v) is 6.44. The van der Waals surface area contributed by atoms with Gasteiger partial charge in [0.15, 0.2) is 0 Å². The minimum Gasteiger partial charge on any atom is -0.0961 e. The van der Waals surface area contributed by atoms with Crippen molar-refractivity contribution in [1.82, 2.24) is 0 Å². The summed E-state index contributed by atoms with van der Waals surface area (Å²) in [4.78, 5) is 0. The van der Waals surface area contributed by atoms with Crippen molar-refractivity contribution in [1.29, 1.82) is 0 Å². The molecule has 0 aliphatic carbocycles. The number of allylic oxidation sites excluding steroid dienone is 5. The first-order valence-corrected chi connectivity index (χ1v) is 3.13. The molecule has 0 aromatic rings. The van der Waals surface area contributed by atoms with Gasteiger partial charge in [-0.3, -0.25) is 0 Å². The van der Waals surface area contributed by atoms with E-state index in [1.165, 1.54) is 5.57 Å². The molecule has 0 atom stereocenters. The Labute approximate surface area is 57.6 Å². The lowest BCUT2D eigenvalue weighted by Crippen LogP contribution is -1.65. The Morgan fingerprint density at radius 3 is 2.11 bits per heavy atom. The van der Waals surface area contributed by atoms with Crippen LogP contribution >= 0.6 is 0 Å². The van der Waals surface area contributed by atoms with E-state index in [2.05, 4.69) is 25.7 Å². The van der Waals surface area contributed by atoms with Crippen molar-refractivity contribution in [3.05, 3.63) is 36.0 Å². The summed E-state index contributed by atoms with van der Waals surface area (Å²) in [5, 5.41) is 0. The second-order valence-corrected chi connectivity index (χ2v) is 2.21. The molecule has 0 rings (SSSR count). The summed E-state index contributed by atoms with van der Waals surface area (Å²) in [5.74, 6) is 0. The Hall–Kier alpha value is -0.780. The topological polar surface area (TPSA) is 0 Å². The van der Waals surface area contributed by atoms with E-state index in [1.54, 1.807) is 0 Å². The van der Waals surface area contributed by atoms with Crippen LogP contribution in [0.15, 0.2) is 36.0 Å². The van der Waals surface area contributed by atoms with E-state index >= 15 is 0 Å². The Morgan fingerprint density at radius 2 is 1.78 bits per heavy atom. The molecule has 0 aromatic carbocycles. The standard InChI is InChI=1S/C9H14/c1-5-9(4)7-6-8(2)3/h5-7H,2H2,1,3-4H3/b7-6-,9-5-. The van der Waals surface area contributed by atoms with Crippen LogP contribution in [0.2, 0.25) is 0 Å². The average Bonchev–Trinajstić information content (AvgIpc) is 1.83. The third-order valence-electron chi connectivity index (χ3n) is 1.09. The lowest BCUT2D eigenvalue weighted by Gasteiger charge is -1.86. The average molecular weight is 122 g/mol. The molecule has 9 heavy (non-hydrogen) atoms. The molecule has 0 bridgehead atoms. The van der Waals surface area contributed by atoms with Gasteiger partial charge in [-0.1, -0.05) is 36.0 Å². The molecule has 0 radical (unpaired) electrons. The van der Waals surface area contributed by atoms with Crippen molar-refractivity contribution in [2.75, 3.05) is 0 Å². The Morgan fingerprint density at radius 1 is 1.22 bits per heavy atom. The predicted molar refractivity (Wildman–Crippen MR) is 43.4 cm³/mol. The highest BCUT2D eigenvalue weighted by molar-refractivity contribution is 5.22. The molecule has 0 heteroatoms. The van der Waals surface area contributed by atoms with Gasteiger partial charge < -0.3 is 0 Å². The fourth-order valence-corrected chi connectivity index (χ4v) is 0.370. The summed E-state index contributed by atoms with van der Waals surface area (Å²) in [5.41, 5.74) is 2.37.